The molecule has 4 nitrogen and oxygen atoms in total. The summed E-state index contributed by atoms with van der Waals surface area (Å²) in [6, 6.07) is 0. The first-order valence-electron chi connectivity index (χ1n) is 9.01. The van der Waals surface area contributed by atoms with Gasteiger partial charge in [0.15, 0.2) is 0 Å². The van der Waals surface area contributed by atoms with E-state index >= 15 is 0 Å². The molecule has 3 fully saturated rings. The van der Waals surface area contributed by atoms with E-state index in [-0.39, 0.29) is 5.60 Å². The minimum absolute atomic E-state index is 0.178. The molecule has 0 saturated carbocycles. The van der Waals surface area contributed by atoms with Gasteiger partial charge in [-0.1, -0.05) is 13.8 Å². The van der Waals surface area contributed by atoms with Crippen LogP contribution in [0.3, 0.4) is 0 Å². The molecule has 1 N–H and O–H groups in total. The topological polar surface area (TPSA) is 27.7 Å². The van der Waals surface area contributed by atoms with Gasteiger partial charge in [-0.3, -0.25) is 4.90 Å². The van der Waals surface area contributed by atoms with E-state index in [9.17, 15) is 0 Å². The lowest BCUT2D eigenvalue weighted by Gasteiger charge is -2.47. The summed E-state index contributed by atoms with van der Waals surface area (Å²) in [4.78, 5) is 5.12. The lowest BCUT2D eigenvalue weighted by Crippen LogP contribution is -2.57. The Bertz CT molecular complexity index is 284. The minimum Gasteiger partial charge on any atom is -0.372 e. The van der Waals surface area contributed by atoms with Crippen LogP contribution in [0.4, 0.5) is 0 Å². The highest BCUT2D eigenvalue weighted by atomic mass is 16.5. The largest absolute Gasteiger partial charge is 0.372 e. The molecule has 3 rings (SSSR count). The summed E-state index contributed by atoms with van der Waals surface area (Å²) >= 11 is 0. The first-order chi connectivity index (χ1) is 10.3. The number of ether oxygens (including phenoxy) is 1. The normalized spacial score (nSPS) is 28.1. The third-order valence-corrected chi connectivity index (χ3v) is 5.20. The summed E-state index contributed by atoms with van der Waals surface area (Å²) in [5, 5.41) is 3.46. The predicted molar refractivity (Wildman–Crippen MR) is 88.8 cm³/mol. The van der Waals surface area contributed by atoms with E-state index in [0.717, 1.165) is 19.1 Å². The van der Waals surface area contributed by atoms with E-state index in [2.05, 4.69) is 22.2 Å². The van der Waals surface area contributed by atoms with Gasteiger partial charge in [0, 0.05) is 32.7 Å². The van der Waals surface area contributed by atoms with Gasteiger partial charge in [0.25, 0.3) is 0 Å². The minimum atomic E-state index is 0.178. The van der Waals surface area contributed by atoms with Crippen LogP contribution in [0.1, 0.15) is 39.5 Å². The van der Waals surface area contributed by atoms with Gasteiger partial charge in [-0.05, 0) is 51.7 Å². The SMILES string of the molecule is CC.CN1CCC2(CC1)CN(CC1CCNCC1)CCO2. The van der Waals surface area contributed by atoms with E-state index in [1.165, 1.54) is 65.0 Å². The maximum Gasteiger partial charge on any atom is 0.0833 e. The second kappa shape index (κ2) is 8.47. The van der Waals surface area contributed by atoms with Crippen molar-refractivity contribution in [2.45, 2.75) is 45.1 Å². The molecule has 3 saturated heterocycles. The molecule has 0 atom stereocenters. The molecule has 124 valence electrons. The Kier molecular flexibility index (Phi) is 6.93. The highest BCUT2D eigenvalue weighted by molar-refractivity contribution is 4.92. The van der Waals surface area contributed by atoms with Crippen LogP contribution in [-0.2, 0) is 4.74 Å². The first-order valence-corrected chi connectivity index (χ1v) is 9.01. The van der Waals surface area contributed by atoms with Gasteiger partial charge >= 0.3 is 0 Å². The highest BCUT2D eigenvalue weighted by Gasteiger charge is 2.39. The number of nitrogens with one attached hydrogen (secondary N) is 1. The van der Waals surface area contributed by atoms with Crippen molar-refractivity contribution in [3.05, 3.63) is 0 Å². The Morgan fingerprint density at radius 3 is 2.43 bits per heavy atom. The molecule has 3 aliphatic heterocycles. The molecule has 1 spiro atoms. The van der Waals surface area contributed by atoms with Crippen LogP contribution in [0.2, 0.25) is 0 Å². The van der Waals surface area contributed by atoms with Gasteiger partial charge in [-0.25, -0.2) is 0 Å². The van der Waals surface area contributed by atoms with Gasteiger partial charge < -0.3 is 15.0 Å². The number of nitrogens with zero attached hydrogens (tertiary/aromatic N) is 2. The monoisotopic (exact) mass is 297 g/mol. The zero-order valence-corrected chi connectivity index (χ0v) is 14.4. The molecule has 21 heavy (non-hydrogen) atoms. The lowest BCUT2D eigenvalue weighted by atomic mass is 9.88. The molecule has 0 unspecified atom stereocenters. The molecule has 3 aliphatic rings. The van der Waals surface area contributed by atoms with Gasteiger partial charge in [-0.15, -0.1) is 0 Å². The predicted octanol–water partition coefficient (Wildman–Crippen LogP) is 1.81. The lowest BCUT2D eigenvalue weighted by molar-refractivity contribution is -0.136. The number of likely N-dealkylation sites (tertiary alicyclic amines) is 1. The van der Waals surface area contributed by atoms with Gasteiger partial charge in [0.05, 0.1) is 12.2 Å². The van der Waals surface area contributed by atoms with Gasteiger partial charge in [0.2, 0.25) is 0 Å². The number of morpholine rings is 1. The Morgan fingerprint density at radius 2 is 1.76 bits per heavy atom. The van der Waals surface area contributed by atoms with Crippen molar-refractivity contribution in [2.75, 3.05) is 59.5 Å². The van der Waals surface area contributed by atoms with Gasteiger partial charge in [0.1, 0.15) is 0 Å². The fourth-order valence-corrected chi connectivity index (χ4v) is 3.84. The second-order valence-electron chi connectivity index (χ2n) is 6.76. The smallest absolute Gasteiger partial charge is 0.0833 e. The van der Waals surface area contributed by atoms with E-state index in [1.54, 1.807) is 0 Å². The summed E-state index contributed by atoms with van der Waals surface area (Å²) < 4.78 is 6.19. The summed E-state index contributed by atoms with van der Waals surface area (Å²) in [5.74, 6) is 0.905. The van der Waals surface area contributed by atoms with E-state index < -0.39 is 0 Å². The molecule has 3 heterocycles. The zero-order valence-electron chi connectivity index (χ0n) is 14.4. The summed E-state index contributed by atoms with van der Waals surface area (Å²) in [5.41, 5.74) is 0.178. The summed E-state index contributed by atoms with van der Waals surface area (Å²) in [6.45, 7) is 13.4. The van der Waals surface area contributed by atoms with Crippen LogP contribution in [0, 0.1) is 5.92 Å². The quantitative estimate of drug-likeness (QED) is 0.841. The second-order valence-corrected chi connectivity index (χ2v) is 6.76. The number of hydrogen-bond donors (Lipinski definition) is 1. The summed E-state index contributed by atoms with van der Waals surface area (Å²) in [6.07, 6.45) is 5.14. The maximum atomic E-state index is 6.19. The molecule has 0 amide bonds. The highest BCUT2D eigenvalue weighted by Crippen LogP contribution is 2.30. The fraction of sp³-hybridized carbons (Fsp3) is 1.00. The molecule has 4 heteroatoms. The van der Waals surface area contributed by atoms with Crippen LogP contribution < -0.4 is 5.32 Å². The molecule has 0 aromatic carbocycles. The first kappa shape index (κ1) is 17.2. The van der Waals surface area contributed by atoms with E-state index in [1.807, 2.05) is 13.8 Å². The number of piperidine rings is 2. The molecule has 0 aromatic heterocycles. The van der Waals surface area contributed by atoms with Crippen molar-refractivity contribution in [1.82, 2.24) is 15.1 Å². The van der Waals surface area contributed by atoms with E-state index in [0.29, 0.717) is 0 Å². The third-order valence-electron chi connectivity index (χ3n) is 5.20. The van der Waals surface area contributed by atoms with Crippen molar-refractivity contribution < 1.29 is 4.74 Å². The third kappa shape index (κ3) is 4.92. The van der Waals surface area contributed by atoms with Crippen LogP contribution in [0.5, 0.6) is 0 Å². The molecule has 0 aliphatic carbocycles. The molecular formula is C17H35N3O. The van der Waals surface area contributed by atoms with Crippen LogP contribution in [0.25, 0.3) is 0 Å². The maximum absolute atomic E-state index is 6.19. The zero-order chi connectivity index (χ0) is 15.1. The number of rotatable bonds is 2. The van der Waals surface area contributed by atoms with Crippen LogP contribution in [-0.4, -0.2) is 74.9 Å². The Labute approximate surface area is 131 Å². The Morgan fingerprint density at radius 1 is 1.10 bits per heavy atom. The standard InChI is InChI=1S/C15H29N3O.C2H6/c1-17-8-4-15(5-9-17)13-18(10-11-19-15)12-14-2-6-16-7-3-14;1-2/h14,16H,2-13H2,1H3;1-2H3. The fourth-order valence-electron chi connectivity index (χ4n) is 3.84. The average molecular weight is 297 g/mol. The van der Waals surface area contributed by atoms with Gasteiger partial charge in [-0.2, -0.15) is 0 Å². The number of hydrogen-bond acceptors (Lipinski definition) is 4. The van der Waals surface area contributed by atoms with Crippen molar-refractivity contribution >= 4 is 0 Å². The van der Waals surface area contributed by atoms with Crippen molar-refractivity contribution in [2.24, 2.45) is 5.92 Å². The summed E-state index contributed by atoms with van der Waals surface area (Å²) in [7, 11) is 2.22. The molecule has 0 bridgehead atoms. The molecular weight excluding hydrogens is 262 g/mol. The molecule has 0 radical (unpaired) electrons. The van der Waals surface area contributed by atoms with Crippen LogP contribution >= 0.6 is 0 Å². The molecule has 0 aromatic rings. The van der Waals surface area contributed by atoms with Crippen molar-refractivity contribution in [3.8, 4) is 0 Å². The Balaban J connectivity index is 0.000000774. The van der Waals surface area contributed by atoms with Crippen molar-refractivity contribution in [3.63, 3.8) is 0 Å². The van der Waals surface area contributed by atoms with E-state index in [4.69, 9.17) is 4.74 Å². The Hall–Kier alpha value is -0.160. The van der Waals surface area contributed by atoms with Crippen LogP contribution in [0.15, 0.2) is 0 Å². The van der Waals surface area contributed by atoms with Crippen molar-refractivity contribution in [1.29, 1.82) is 0 Å². The average Bonchev–Trinajstić information content (AvgIpc) is 2.54.